The third-order valence-electron chi connectivity index (χ3n) is 4.25. The maximum Gasteiger partial charge on any atom is 0.252 e. The molecular formula is C20H23ClN2OS. The van der Waals surface area contributed by atoms with Crippen molar-refractivity contribution in [3.63, 3.8) is 0 Å². The van der Waals surface area contributed by atoms with Crippen molar-refractivity contribution in [3.8, 4) is 0 Å². The third kappa shape index (κ3) is 4.40. The lowest BCUT2D eigenvalue weighted by atomic mass is 9.99. The van der Waals surface area contributed by atoms with Gasteiger partial charge in [-0.2, -0.15) is 0 Å². The smallest absolute Gasteiger partial charge is 0.252 e. The summed E-state index contributed by atoms with van der Waals surface area (Å²) < 4.78 is 1.12. The second-order valence-electron chi connectivity index (χ2n) is 6.28. The van der Waals surface area contributed by atoms with Crippen molar-refractivity contribution in [1.29, 1.82) is 0 Å². The molecule has 0 aliphatic heterocycles. The van der Waals surface area contributed by atoms with Crippen LogP contribution in [-0.4, -0.2) is 12.5 Å². The Morgan fingerprint density at radius 1 is 1.08 bits per heavy atom. The van der Waals surface area contributed by atoms with Crippen molar-refractivity contribution in [3.05, 3.63) is 70.6 Å². The van der Waals surface area contributed by atoms with Gasteiger partial charge in [0.15, 0.2) is 0 Å². The van der Waals surface area contributed by atoms with Gasteiger partial charge >= 0.3 is 0 Å². The molecule has 1 amide bonds. The Balaban J connectivity index is 0.00000225. The normalized spacial score (nSPS) is 12.0. The number of thiophene rings is 1. The van der Waals surface area contributed by atoms with Crippen molar-refractivity contribution in [2.24, 2.45) is 5.73 Å². The summed E-state index contributed by atoms with van der Waals surface area (Å²) in [6.45, 7) is 4.75. The standard InChI is InChI=1S/C20H22N2OS.ClH/c1-13(2)14-6-8-15(9-7-14)18(21)12-22-20(23)17-4-3-5-19-16(17)10-11-24-19;/h3-11,13,18H,12,21H2,1-2H3,(H,22,23);1H/t18-;/m0./s1. The topological polar surface area (TPSA) is 55.1 Å². The first kappa shape index (κ1) is 19.4. The third-order valence-corrected chi connectivity index (χ3v) is 5.14. The van der Waals surface area contributed by atoms with E-state index in [9.17, 15) is 4.79 Å². The van der Waals surface area contributed by atoms with Gasteiger partial charge in [0.1, 0.15) is 0 Å². The van der Waals surface area contributed by atoms with Gasteiger partial charge < -0.3 is 11.1 Å². The maximum atomic E-state index is 12.5. The highest BCUT2D eigenvalue weighted by Crippen LogP contribution is 2.24. The highest BCUT2D eigenvalue weighted by molar-refractivity contribution is 7.17. The van der Waals surface area contributed by atoms with Gasteiger partial charge in [0.2, 0.25) is 0 Å². The maximum absolute atomic E-state index is 12.5. The van der Waals surface area contributed by atoms with Crippen LogP contribution >= 0.6 is 23.7 Å². The summed E-state index contributed by atoms with van der Waals surface area (Å²) in [4.78, 5) is 12.5. The zero-order valence-corrected chi connectivity index (χ0v) is 16.0. The molecule has 2 aromatic carbocycles. The molecule has 0 unspecified atom stereocenters. The quantitative estimate of drug-likeness (QED) is 0.668. The Morgan fingerprint density at radius 2 is 1.76 bits per heavy atom. The van der Waals surface area contributed by atoms with E-state index in [4.69, 9.17) is 5.73 Å². The summed E-state index contributed by atoms with van der Waals surface area (Å²) in [5.74, 6) is 0.425. The zero-order valence-electron chi connectivity index (χ0n) is 14.4. The van der Waals surface area contributed by atoms with Gasteiger partial charge in [-0.3, -0.25) is 4.79 Å². The number of carbonyl (C=O) groups excluding carboxylic acids is 1. The van der Waals surface area contributed by atoms with Crippen molar-refractivity contribution < 1.29 is 4.79 Å². The monoisotopic (exact) mass is 374 g/mol. The highest BCUT2D eigenvalue weighted by atomic mass is 35.5. The molecule has 25 heavy (non-hydrogen) atoms. The summed E-state index contributed by atoms with van der Waals surface area (Å²) in [6, 6.07) is 15.9. The van der Waals surface area contributed by atoms with Crippen LogP contribution in [0.4, 0.5) is 0 Å². The first-order valence-corrected chi connectivity index (χ1v) is 9.04. The molecule has 1 atom stereocenters. The number of fused-ring (bicyclic) bond motifs is 1. The molecule has 3 nitrogen and oxygen atoms in total. The number of nitrogens with one attached hydrogen (secondary N) is 1. The molecule has 0 saturated carbocycles. The predicted molar refractivity (Wildman–Crippen MR) is 109 cm³/mol. The molecule has 0 saturated heterocycles. The number of amides is 1. The Hall–Kier alpha value is -1.88. The van der Waals surface area contributed by atoms with Crippen LogP contribution in [0.5, 0.6) is 0 Å². The van der Waals surface area contributed by atoms with Crippen molar-refractivity contribution in [2.45, 2.75) is 25.8 Å². The number of hydrogen-bond acceptors (Lipinski definition) is 3. The Morgan fingerprint density at radius 3 is 2.44 bits per heavy atom. The lowest BCUT2D eigenvalue weighted by Gasteiger charge is -2.15. The number of hydrogen-bond donors (Lipinski definition) is 2. The van der Waals surface area contributed by atoms with Gasteiger partial charge in [0.05, 0.1) is 0 Å². The number of carbonyl (C=O) groups is 1. The molecule has 0 radical (unpaired) electrons. The van der Waals surface area contributed by atoms with Crippen molar-refractivity contribution >= 4 is 39.7 Å². The van der Waals surface area contributed by atoms with Crippen molar-refractivity contribution in [2.75, 3.05) is 6.54 Å². The van der Waals surface area contributed by atoms with Crippen LogP contribution in [0, 0.1) is 0 Å². The highest BCUT2D eigenvalue weighted by Gasteiger charge is 2.13. The second kappa shape index (κ2) is 8.48. The zero-order chi connectivity index (χ0) is 17.1. The average molecular weight is 375 g/mol. The number of halogens is 1. The number of rotatable bonds is 5. The SMILES string of the molecule is CC(C)c1ccc([C@@H](N)CNC(=O)c2cccc3sccc23)cc1.Cl. The van der Waals surface area contributed by atoms with Crippen LogP contribution in [0.1, 0.15) is 47.3 Å². The molecule has 1 heterocycles. The average Bonchev–Trinajstić information content (AvgIpc) is 3.08. The molecule has 0 spiro atoms. The Kier molecular flexibility index (Phi) is 6.59. The molecule has 0 aliphatic rings. The summed E-state index contributed by atoms with van der Waals surface area (Å²) in [6.07, 6.45) is 0. The van der Waals surface area contributed by atoms with Crippen LogP contribution < -0.4 is 11.1 Å². The van der Waals surface area contributed by atoms with E-state index < -0.39 is 0 Å². The Labute approximate surface area is 158 Å². The van der Waals surface area contributed by atoms with Crippen molar-refractivity contribution in [1.82, 2.24) is 5.32 Å². The molecule has 132 valence electrons. The van der Waals surface area contributed by atoms with Crippen LogP contribution in [0.25, 0.3) is 10.1 Å². The molecule has 0 bridgehead atoms. The number of benzene rings is 2. The fourth-order valence-electron chi connectivity index (χ4n) is 2.74. The van der Waals surface area contributed by atoms with Crippen LogP contribution in [-0.2, 0) is 0 Å². The minimum absolute atomic E-state index is 0. The van der Waals surface area contributed by atoms with Gasteiger partial charge in [-0.25, -0.2) is 0 Å². The van der Waals surface area contributed by atoms with Crippen LogP contribution in [0.2, 0.25) is 0 Å². The molecule has 3 aromatic rings. The minimum atomic E-state index is -0.211. The van der Waals surface area contributed by atoms with E-state index in [1.807, 2.05) is 41.8 Å². The van der Waals surface area contributed by atoms with Gasteiger partial charge in [-0.05, 0) is 40.6 Å². The number of nitrogens with two attached hydrogens (primary N) is 1. The predicted octanol–water partition coefficient (Wildman–Crippen LogP) is 4.88. The summed E-state index contributed by atoms with van der Waals surface area (Å²) in [5.41, 5.74) is 9.26. The summed E-state index contributed by atoms with van der Waals surface area (Å²) in [5, 5.41) is 5.96. The molecule has 1 aromatic heterocycles. The Bertz CT molecular complexity index is 842. The van der Waals surface area contributed by atoms with E-state index in [1.165, 1.54) is 5.56 Å². The molecule has 5 heteroatoms. The molecule has 3 N–H and O–H groups in total. The van der Waals surface area contributed by atoms with E-state index in [-0.39, 0.29) is 24.4 Å². The van der Waals surface area contributed by atoms with E-state index in [2.05, 4.69) is 31.3 Å². The first-order valence-electron chi connectivity index (χ1n) is 8.16. The van der Waals surface area contributed by atoms with E-state index in [0.29, 0.717) is 18.0 Å². The summed E-state index contributed by atoms with van der Waals surface area (Å²) in [7, 11) is 0. The van der Waals surface area contributed by atoms with Gasteiger partial charge in [0.25, 0.3) is 5.91 Å². The first-order chi connectivity index (χ1) is 11.6. The molecule has 3 rings (SSSR count). The van der Waals surface area contributed by atoms with Crippen LogP contribution in [0.15, 0.2) is 53.9 Å². The molecule has 0 aliphatic carbocycles. The van der Waals surface area contributed by atoms with Gasteiger partial charge in [-0.1, -0.05) is 44.2 Å². The fraction of sp³-hybridized carbons (Fsp3) is 0.250. The molecule has 0 fully saturated rings. The fourth-order valence-corrected chi connectivity index (χ4v) is 3.55. The van der Waals surface area contributed by atoms with Crippen LogP contribution in [0.3, 0.4) is 0 Å². The molecular weight excluding hydrogens is 352 g/mol. The van der Waals surface area contributed by atoms with E-state index in [1.54, 1.807) is 11.3 Å². The minimum Gasteiger partial charge on any atom is -0.350 e. The lowest BCUT2D eigenvalue weighted by Crippen LogP contribution is -2.32. The van der Waals surface area contributed by atoms with Gasteiger partial charge in [-0.15, -0.1) is 23.7 Å². The van der Waals surface area contributed by atoms with E-state index in [0.717, 1.165) is 15.6 Å². The summed E-state index contributed by atoms with van der Waals surface area (Å²) >= 11 is 1.64. The second-order valence-corrected chi connectivity index (χ2v) is 7.22. The lowest BCUT2D eigenvalue weighted by molar-refractivity contribution is 0.0953. The van der Waals surface area contributed by atoms with Gasteiger partial charge in [0, 0.05) is 28.2 Å². The largest absolute Gasteiger partial charge is 0.350 e. The van der Waals surface area contributed by atoms with E-state index >= 15 is 0 Å².